The minimum absolute atomic E-state index is 0.0114. The number of nitrogens with zero attached hydrogens (tertiary/aromatic N) is 2. The van der Waals surface area contributed by atoms with Gasteiger partial charge in [0, 0.05) is 17.7 Å². The van der Waals surface area contributed by atoms with Crippen LogP contribution in [0.3, 0.4) is 0 Å². The molecule has 0 fully saturated rings. The number of nitro groups is 1. The van der Waals surface area contributed by atoms with E-state index in [1.807, 2.05) is 0 Å². The second-order valence-electron chi connectivity index (χ2n) is 6.75. The lowest BCUT2D eigenvalue weighted by atomic mass is 10.2. The van der Waals surface area contributed by atoms with Crippen LogP contribution in [-0.4, -0.2) is 16.8 Å². The van der Waals surface area contributed by atoms with Gasteiger partial charge in [-0.3, -0.25) is 10.1 Å². The Balaban J connectivity index is 1.45. The van der Waals surface area contributed by atoms with Gasteiger partial charge in [0.05, 0.1) is 15.0 Å². The number of carbonyl (C=O) groups is 1. The zero-order valence-corrected chi connectivity index (χ0v) is 17.8. The number of hydrogen-bond donors (Lipinski definition) is 0. The lowest BCUT2D eigenvalue weighted by molar-refractivity contribution is -0.384. The van der Waals surface area contributed by atoms with E-state index >= 15 is 0 Å². The van der Waals surface area contributed by atoms with Crippen molar-refractivity contribution in [3.8, 4) is 5.75 Å². The van der Waals surface area contributed by atoms with Gasteiger partial charge in [0.25, 0.3) is 5.69 Å². The van der Waals surface area contributed by atoms with Gasteiger partial charge in [-0.05, 0) is 47.5 Å². The molecule has 0 amide bonds. The summed E-state index contributed by atoms with van der Waals surface area (Å²) >= 11 is 11.9. The molecule has 1 heterocycles. The molecule has 0 atom stereocenters. The largest absolute Gasteiger partial charge is 0.489 e. The summed E-state index contributed by atoms with van der Waals surface area (Å²) in [4.78, 5) is 26.8. The van der Waals surface area contributed by atoms with E-state index in [9.17, 15) is 14.9 Å². The highest BCUT2D eigenvalue weighted by Crippen LogP contribution is 2.26. The van der Waals surface area contributed by atoms with Crippen molar-refractivity contribution in [3.05, 3.63) is 109 Å². The van der Waals surface area contributed by atoms with Crippen LogP contribution < -0.4 is 4.74 Å². The standard InChI is InChI=1S/C23H14Cl2N2O5/c24-19-9-6-16(12-20(19)25)22-26-21(23(28)32-22)11-14-4-7-18(8-5-14)31-13-15-2-1-3-17(10-15)27(29)30/h1-12H,13H2/b21-11-. The second-order valence-corrected chi connectivity index (χ2v) is 7.56. The lowest BCUT2D eigenvalue weighted by Gasteiger charge is -2.06. The van der Waals surface area contributed by atoms with Gasteiger partial charge in [-0.25, -0.2) is 9.79 Å². The Morgan fingerprint density at radius 3 is 2.53 bits per heavy atom. The maximum absolute atomic E-state index is 12.2. The number of carbonyl (C=O) groups excluding carboxylic acids is 1. The molecule has 0 N–H and O–H groups in total. The van der Waals surface area contributed by atoms with Crippen molar-refractivity contribution >= 4 is 46.8 Å². The minimum atomic E-state index is -0.572. The zero-order chi connectivity index (χ0) is 22.7. The molecule has 0 saturated heterocycles. The number of esters is 1. The highest BCUT2D eigenvalue weighted by molar-refractivity contribution is 6.42. The van der Waals surface area contributed by atoms with E-state index < -0.39 is 10.9 Å². The third-order valence-corrected chi connectivity index (χ3v) is 5.24. The summed E-state index contributed by atoms with van der Waals surface area (Å²) in [5, 5.41) is 11.6. The quantitative estimate of drug-likeness (QED) is 0.196. The van der Waals surface area contributed by atoms with Gasteiger partial charge in [0.15, 0.2) is 5.70 Å². The van der Waals surface area contributed by atoms with Crippen molar-refractivity contribution in [2.24, 2.45) is 4.99 Å². The second kappa shape index (κ2) is 9.21. The predicted octanol–water partition coefficient (Wildman–Crippen LogP) is 5.83. The van der Waals surface area contributed by atoms with Crippen LogP contribution in [0.5, 0.6) is 5.75 Å². The first-order valence-electron chi connectivity index (χ1n) is 9.33. The van der Waals surface area contributed by atoms with Crippen molar-refractivity contribution in [1.29, 1.82) is 0 Å². The molecule has 0 unspecified atom stereocenters. The molecule has 160 valence electrons. The van der Waals surface area contributed by atoms with Gasteiger partial charge in [-0.1, -0.05) is 47.5 Å². The van der Waals surface area contributed by atoms with Gasteiger partial charge in [0.2, 0.25) is 5.90 Å². The highest BCUT2D eigenvalue weighted by Gasteiger charge is 2.24. The molecule has 0 bridgehead atoms. The molecule has 0 radical (unpaired) electrons. The number of hydrogen-bond acceptors (Lipinski definition) is 6. The molecule has 1 aliphatic heterocycles. The number of benzene rings is 3. The van der Waals surface area contributed by atoms with Crippen LogP contribution in [0, 0.1) is 10.1 Å². The molecule has 0 saturated carbocycles. The Kier molecular flexibility index (Phi) is 6.20. The molecular formula is C23H14Cl2N2O5. The average molecular weight is 469 g/mol. The molecule has 0 aromatic heterocycles. The molecule has 0 aliphatic carbocycles. The normalized spacial score (nSPS) is 14.2. The third kappa shape index (κ3) is 4.96. The zero-order valence-electron chi connectivity index (χ0n) is 16.3. The van der Waals surface area contributed by atoms with Crippen LogP contribution in [0.25, 0.3) is 6.08 Å². The molecule has 3 aromatic rings. The van der Waals surface area contributed by atoms with E-state index in [1.165, 1.54) is 12.1 Å². The Labute approximate surface area is 192 Å². The SMILES string of the molecule is O=C1OC(c2ccc(Cl)c(Cl)c2)=N/C1=C\c1ccc(OCc2cccc([N+](=O)[O-])c2)cc1. The maximum atomic E-state index is 12.2. The van der Waals surface area contributed by atoms with E-state index in [0.717, 1.165) is 5.56 Å². The van der Waals surface area contributed by atoms with Crippen LogP contribution in [0.1, 0.15) is 16.7 Å². The molecule has 1 aliphatic rings. The smallest absolute Gasteiger partial charge is 0.363 e. The van der Waals surface area contributed by atoms with Crippen molar-refractivity contribution in [3.63, 3.8) is 0 Å². The van der Waals surface area contributed by atoms with Gasteiger partial charge in [-0.15, -0.1) is 0 Å². The Bertz CT molecular complexity index is 1270. The first-order chi connectivity index (χ1) is 15.4. The fourth-order valence-corrected chi connectivity index (χ4v) is 3.20. The van der Waals surface area contributed by atoms with E-state index in [4.69, 9.17) is 32.7 Å². The summed E-state index contributed by atoms with van der Waals surface area (Å²) in [6.07, 6.45) is 1.59. The molecular weight excluding hydrogens is 455 g/mol. The maximum Gasteiger partial charge on any atom is 0.363 e. The molecule has 7 nitrogen and oxygen atoms in total. The number of aliphatic imine (C=N–C) groups is 1. The predicted molar refractivity (Wildman–Crippen MR) is 121 cm³/mol. The summed E-state index contributed by atoms with van der Waals surface area (Å²) in [7, 11) is 0. The number of halogens is 2. The summed E-state index contributed by atoms with van der Waals surface area (Å²) < 4.78 is 10.9. The molecule has 4 rings (SSSR count). The number of non-ortho nitro benzene ring substituents is 1. The van der Waals surface area contributed by atoms with E-state index in [2.05, 4.69) is 4.99 Å². The highest BCUT2D eigenvalue weighted by atomic mass is 35.5. The lowest BCUT2D eigenvalue weighted by Crippen LogP contribution is -2.05. The summed E-state index contributed by atoms with van der Waals surface area (Å²) in [5.74, 6) is 0.154. The minimum Gasteiger partial charge on any atom is -0.489 e. The first-order valence-corrected chi connectivity index (χ1v) is 10.1. The Morgan fingerprint density at radius 2 is 1.81 bits per heavy atom. The van der Waals surface area contributed by atoms with Crippen LogP contribution >= 0.6 is 23.2 Å². The summed E-state index contributed by atoms with van der Waals surface area (Å²) in [6, 6.07) is 18.1. The van der Waals surface area contributed by atoms with E-state index in [-0.39, 0.29) is 23.9 Å². The topological polar surface area (TPSA) is 91.0 Å². The number of ether oxygens (including phenoxy) is 2. The van der Waals surface area contributed by atoms with Crippen molar-refractivity contribution in [2.45, 2.75) is 6.61 Å². The fourth-order valence-electron chi connectivity index (χ4n) is 2.91. The molecule has 3 aromatic carbocycles. The van der Waals surface area contributed by atoms with Crippen LogP contribution in [0.2, 0.25) is 10.0 Å². The van der Waals surface area contributed by atoms with Crippen molar-refractivity contribution in [1.82, 2.24) is 0 Å². The van der Waals surface area contributed by atoms with Gasteiger partial charge in [-0.2, -0.15) is 0 Å². The van der Waals surface area contributed by atoms with Gasteiger partial charge >= 0.3 is 5.97 Å². The monoisotopic (exact) mass is 468 g/mol. The van der Waals surface area contributed by atoms with E-state index in [0.29, 0.717) is 26.9 Å². The number of nitro benzene ring substituents is 1. The average Bonchev–Trinajstić information content (AvgIpc) is 3.15. The van der Waals surface area contributed by atoms with Crippen molar-refractivity contribution < 1.29 is 19.2 Å². The molecule has 0 spiro atoms. The fraction of sp³-hybridized carbons (Fsp3) is 0.0435. The van der Waals surface area contributed by atoms with Crippen LogP contribution in [-0.2, 0) is 16.1 Å². The van der Waals surface area contributed by atoms with Crippen LogP contribution in [0.15, 0.2) is 77.4 Å². The molecule has 9 heteroatoms. The number of rotatable bonds is 6. The Hall–Kier alpha value is -3.68. The molecule has 32 heavy (non-hydrogen) atoms. The summed E-state index contributed by atoms with van der Waals surface area (Å²) in [5.41, 5.74) is 2.11. The van der Waals surface area contributed by atoms with E-state index in [1.54, 1.807) is 60.7 Å². The Morgan fingerprint density at radius 1 is 1.03 bits per heavy atom. The van der Waals surface area contributed by atoms with Gasteiger partial charge in [0.1, 0.15) is 12.4 Å². The third-order valence-electron chi connectivity index (χ3n) is 4.50. The number of cyclic esters (lactones) is 1. The van der Waals surface area contributed by atoms with Crippen LogP contribution in [0.4, 0.5) is 5.69 Å². The summed E-state index contributed by atoms with van der Waals surface area (Å²) in [6.45, 7) is 0.186. The first kappa shape index (κ1) is 21.5. The van der Waals surface area contributed by atoms with Crippen molar-refractivity contribution in [2.75, 3.05) is 0 Å². The van der Waals surface area contributed by atoms with Gasteiger partial charge < -0.3 is 9.47 Å².